The molecular formula is C20H29N5O. The summed E-state index contributed by atoms with van der Waals surface area (Å²) in [5, 5.41) is 3.56. The van der Waals surface area contributed by atoms with Crippen LogP contribution in [0.4, 0.5) is 11.8 Å². The number of rotatable bonds is 9. The van der Waals surface area contributed by atoms with Crippen molar-refractivity contribution >= 4 is 28.6 Å². The lowest BCUT2D eigenvalue weighted by molar-refractivity contribution is -0.125. The van der Waals surface area contributed by atoms with Gasteiger partial charge in [0.1, 0.15) is 11.3 Å². The van der Waals surface area contributed by atoms with Crippen molar-refractivity contribution in [3.63, 3.8) is 0 Å². The molecule has 26 heavy (non-hydrogen) atoms. The summed E-state index contributed by atoms with van der Waals surface area (Å²) in [6.07, 6.45) is 9.63. The Morgan fingerprint density at radius 2 is 2.15 bits per heavy atom. The quantitative estimate of drug-likeness (QED) is 0.703. The zero-order chi connectivity index (χ0) is 18.6. The Balaban J connectivity index is 1.80. The number of pyridine rings is 1. The van der Waals surface area contributed by atoms with Gasteiger partial charge in [0.05, 0.1) is 5.52 Å². The highest BCUT2D eigenvalue weighted by atomic mass is 16.1. The molecule has 0 radical (unpaired) electrons. The van der Waals surface area contributed by atoms with Gasteiger partial charge < -0.3 is 11.1 Å². The van der Waals surface area contributed by atoms with Crippen molar-refractivity contribution in [2.45, 2.75) is 70.8 Å². The summed E-state index contributed by atoms with van der Waals surface area (Å²) >= 11 is 0. The molecule has 1 atom stereocenters. The molecule has 3 N–H and O–H groups in total. The zero-order valence-corrected chi connectivity index (χ0v) is 15.8. The van der Waals surface area contributed by atoms with E-state index in [9.17, 15) is 4.79 Å². The highest BCUT2D eigenvalue weighted by molar-refractivity contribution is 5.86. The Kier molecular flexibility index (Phi) is 5.69. The van der Waals surface area contributed by atoms with Gasteiger partial charge in [-0.2, -0.15) is 4.98 Å². The number of unbranched alkanes of at least 4 members (excludes halogenated alkanes) is 1. The third-order valence-corrected chi connectivity index (χ3v) is 5.46. The fourth-order valence-corrected chi connectivity index (χ4v) is 3.51. The molecule has 3 rings (SSSR count). The summed E-state index contributed by atoms with van der Waals surface area (Å²) in [7, 11) is 0. The number of Topliss-reactive ketones (excluding diaryl/α,β-unsaturated/α-hetero) is 1. The number of nitrogens with zero attached hydrogens (tertiary/aromatic N) is 3. The van der Waals surface area contributed by atoms with E-state index in [0.29, 0.717) is 23.9 Å². The minimum absolute atomic E-state index is 0.222. The Morgan fingerprint density at radius 3 is 2.85 bits per heavy atom. The number of hydrogen-bond acceptors (Lipinski definition) is 6. The number of nitrogens with two attached hydrogens (primary N) is 1. The lowest BCUT2D eigenvalue weighted by atomic mass is 9.79. The van der Waals surface area contributed by atoms with Gasteiger partial charge in [0.15, 0.2) is 5.82 Å². The van der Waals surface area contributed by atoms with Gasteiger partial charge in [-0.15, -0.1) is 0 Å². The summed E-state index contributed by atoms with van der Waals surface area (Å²) < 4.78 is 0. The number of anilines is 2. The van der Waals surface area contributed by atoms with E-state index in [0.717, 1.165) is 49.6 Å². The Labute approximate surface area is 155 Å². The summed E-state index contributed by atoms with van der Waals surface area (Å²) in [5.74, 6) is 1.59. The van der Waals surface area contributed by atoms with Crippen LogP contribution in [-0.2, 0) is 4.79 Å². The van der Waals surface area contributed by atoms with Gasteiger partial charge in [0.2, 0.25) is 5.95 Å². The van der Waals surface area contributed by atoms with E-state index in [4.69, 9.17) is 5.73 Å². The average molecular weight is 355 g/mol. The molecule has 2 aromatic heterocycles. The van der Waals surface area contributed by atoms with Gasteiger partial charge in [-0.1, -0.05) is 26.2 Å². The summed E-state index contributed by atoms with van der Waals surface area (Å²) in [5.41, 5.74) is 7.11. The second kappa shape index (κ2) is 7.98. The van der Waals surface area contributed by atoms with Crippen LogP contribution in [0.15, 0.2) is 18.3 Å². The third-order valence-electron chi connectivity index (χ3n) is 5.46. The first-order valence-electron chi connectivity index (χ1n) is 9.70. The van der Waals surface area contributed by atoms with E-state index in [1.807, 2.05) is 12.1 Å². The van der Waals surface area contributed by atoms with Crippen molar-refractivity contribution < 1.29 is 4.79 Å². The van der Waals surface area contributed by atoms with E-state index in [1.165, 1.54) is 6.42 Å². The molecule has 0 spiro atoms. The molecule has 0 aromatic carbocycles. The number of hydrogen-bond donors (Lipinski definition) is 2. The minimum atomic E-state index is -0.222. The number of ketones is 1. The molecule has 1 aliphatic carbocycles. The van der Waals surface area contributed by atoms with Gasteiger partial charge in [-0.3, -0.25) is 9.78 Å². The van der Waals surface area contributed by atoms with Crippen LogP contribution in [-0.4, -0.2) is 26.3 Å². The predicted octanol–water partition coefficient (Wildman–Crippen LogP) is 4.12. The topological polar surface area (TPSA) is 93.8 Å². The maximum Gasteiger partial charge on any atom is 0.222 e. The summed E-state index contributed by atoms with van der Waals surface area (Å²) in [6.45, 7) is 4.35. The molecule has 2 heterocycles. The Morgan fingerprint density at radius 1 is 1.35 bits per heavy atom. The van der Waals surface area contributed by atoms with Crippen molar-refractivity contribution in [3.05, 3.63) is 18.3 Å². The van der Waals surface area contributed by atoms with Crippen molar-refractivity contribution in [2.75, 3.05) is 11.1 Å². The van der Waals surface area contributed by atoms with E-state index < -0.39 is 0 Å². The number of fused-ring (bicyclic) bond motifs is 1. The first-order chi connectivity index (χ1) is 12.5. The SMILES string of the molecule is CCCCC(C)(CCC(=O)C1CCC1)Nc1nc(N)nc2cccnc12. The number of carbonyl (C=O) groups excluding carboxylic acids is 1. The van der Waals surface area contributed by atoms with Crippen LogP contribution >= 0.6 is 0 Å². The lowest BCUT2D eigenvalue weighted by Gasteiger charge is -2.33. The molecule has 0 amide bonds. The highest BCUT2D eigenvalue weighted by Crippen LogP contribution is 2.32. The normalized spacial score (nSPS) is 16.8. The molecule has 6 heteroatoms. The van der Waals surface area contributed by atoms with Gasteiger partial charge in [0, 0.05) is 24.1 Å². The van der Waals surface area contributed by atoms with Gasteiger partial charge in [-0.05, 0) is 44.7 Å². The first kappa shape index (κ1) is 18.5. The lowest BCUT2D eigenvalue weighted by Crippen LogP contribution is -2.37. The van der Waals surface area contributed by atoms with Crippen molar-refractivity contribution in [1.82, 2.24) is 15.0 Å². The number of carbonyl (C=O) groups is 1. The largest absolute Gasteiger partial charge is 0.368 e. The highest BCUT2D eigenvalue weighted by Gasteiger charge is 2.30. The molecular weight excluding hydrogens is 326 g/mol. The standard InChI is InChI=1S/C20H29N5O/c1-3-4-11-20(2,12-10-16(26)14-7-5-8-14)25-18-17-15(9-6-13-22-17)23-19(21)24-18/h6,9,13-14H,3-5,7-8,10-12H2,1-2H3,(H3,21,23,24,25). The van der Waals surface area contributed by atoms with Crippen LogP contribution in [0, 0.1) is 5.92 Å². The van der Waals surface area contributed by atoms with Crippen molar-refractivity contribution in [1.29, 1.82) is 0 Å². The van der Waals surface area contributed by atoms with Crippen LogP contribution in [0.1, 0.15) is 65.2 Å². The smallest absolute Gasteiger partial charge is 0.222 e. The first-order valence-corrected chi connectivity index (χ1v) is 9.70. The average Bonchev–Trinajstić information content (AvgIpc) is 2.57. The van der Waals surface area contributed by atoms with Crippen LogP contribution in [0.3, 0.4) is 0 Å². The van der Waals surface area contributed by atoms with Crippen LogP contribution in [0.25, 0.3) is 11.0 Å². The molecule has 1 fully saturated rings. The molecule has 6 nitrogen and oxygen atoms in total. The van der Waals surface area contributed by atoms with Crippen LogP contribution in [0.5, 0.6) is 0 Å². The number of nitrogen functional groups attached to an aromatic ring is 1. The zero-order valence-electron chi connectivity index (χ0n) is 15.8. The van der Waals surface area contributed by atoms with Gasteiger partial charge in [-0.25, -0.2) is 4.98 Å². The predicted molar refractivity (Wildman–Crippen MR) is 105 cm³/mol. The minimum Gasteiger partial charge on any atom is -0.368 e. The number of nitrogens with one attached hydrogen (secondary N) is 1. The van der Waals surface area contributed by atoms with Crippen molar-refractivity contribution in [3.8, 4) is 0 Å². The monoisotopic (exact) mass is 355 g/mol. The van der Waals surface area contributed by atoms with E-state index in [-0.39, 0.29) is 11.5 Å². The Hall–Kier alpha value is -2.24. The molecule has 1 aliphatic rings. The molecule has 140 valence electrons. The fraction of sp³-hybridized carbons (Fsp3) is 0.600. The van der Waals surface area contributed by atoms with Crippen molar-refractivity contribution in [2.24, 2.45) is 5.92 Å². The molecule has 1 unspecified atom stereocenters. The van der Waals surface area contributed by atoms with E-state index in [2.05, 4.69) is 34.1 Å². The van der Waals surface area contributed by atoms with E-state index >= 15 is 0 Å². The van der Waals surface area contributed by atoms with E-state index in [1.54, 1.807) is 6.20 Å². The summed E-state index contributed by atoms with van der Waals surface area (Å²) in [6, 6.07) is 3.72. The van der Waals surface area contributed by atoms with Crippen LogP contribution < -0.4 is 11.1 Å². The second-order valence-corrected chi connectivity index (χ2v) is 7.68. The Bertz CT molecular complexity index is 774. The molecule has 1 saturated carbocycles. The fourth-order valence-electron chi connectivity index (χ4n) is 3.51. The molecule has 0 bridgehead atoms. The maximum atomic E-state index is 12.4. The van der Waals surface area contributed by atoms with Gasteiger partial charge >= 0.3 is 0 Å². The van der Waals surface area contributed by atoms with Crippen LogP contribution in [0.2, 0.25) is 0 Å². The maximum absolute atomic E-state index is 12.4. The molecule has 0 saturated heterocycles. The van der Waals surface area contributed by atoms with Gasteiger partial charge in [0.25, 0.3) is 0 Å². The third kappa shape index (κ3) is 4.29. The molecule has 0 aliphatic heterocycles. The number of aromatic nitrogens is 3. The summed E-state index contributed by atoms with van der Waals surface area (Å²) in [4.78, 5) is 25.4. The second-order valence-electron chi connectivity index (χ2n) is 7.68. The molecule has 2 aromatic rings.